The molecule has 1 amide bonds. The Morgan fingerprint density at radius 3 is 2.92 bits per heavy atom. The fourth-order valence-electron chi connectivity index (χ4n) is 2.63. The summed E-state index contributed by atoms with van der Waals surface area (Å²) in [6.07, 6.45) is 3.75. The van der Waals surface area contributed by atoms with E-state index in [2.05, 4.69) is 6.92 Å². The highest BCUT2D eigenvalue weighted by atomic mass is 16.5. The van der Waals surface area contributed by atoms with E-state index in [1.165, 1.54) is 0 Å². The third-order valence-corrected chi connectivity index (χ3v) is 3.40. The van der Waals surface area contributed by atoms with Gasteiger partial charge in [-0.25, -0.2) is 0 Å². The Morgan fingerprint density at radius 2 is 2.23 bits per heavy atom. The van der Waals surface area contributed by atoms with Gasteiger partial charge in [-0.05, 0) is 31.6 Å². The van der Waals surface area contributed by atoms with Crippen LogP contribution in [0.4, 0.5) is 0 Å². The molecule has 3 atom stereocenters. The molecule has 2 aliphatic rings. The molecule has 13 heavy (non-hydrogen) atoms. The number of carbonyl (C=O) groups excluding carboxylic acids is 1. The highest BCUT2D eigenvalue weighted by Gasteiger charge is 2.43. The van der Waals surface area contributed by atoms with E-state index in [9.17, 15) is 10.0 Å². The highest BCUT2D eigenvalue weighted by Crippen LogP contribution is 2.43. The van der Waals surface area contributed by atoms with E-state index in [4.69, 9.17) is 0 Å². The Balaban J connectivity index is 2.34. The van der Waals surface area contributed by atoms with Crippen LogP contribution in [0.25, 0.3) is 0 Å². The molecule has 1 fully saturated rings. The van der Waals surface area contributed by atoms with Crippen LogP contribution in [0.1, 0.15) is 26.7 Å². The Morgan fingerprint density at radius 1 is 1.54 bits per heavy atom. The van der Waals surface area contributed by atoms with E-state index >= 15 is 0 Å². The monoisotopic (exact) mass is 181 g/mol. The fourth-order valence-corrected chi connectivity index (χ4v) is 2.63. The van der Waals surface area contributed by atoms with Gasteiger partial charge in [0.2, 0.25) is 0 Å². The first kappa shape index (κ1) is 8.75. The zero-order valence-electron chi connectivity index (χ0n) is 8.03. The Labute approximate surface area is 78.0 Å². The minimum Gasteiger partial charge on any atom is -0.281 e. The van der Waals surface area contributed by atoms with E-state index in [1.807, 2.05) is 6.92 Å². The molecule has 0 aromatic heterocycles. The van der Waals surface area contributed by atoms with E-state index in [0.29, 0.717) is 11.8 Å². The third kappa shape index (κ3) is 1.18. The van der Waals surface area contributed by atoms with Crippen LogP contribution in [-0.2, 0) is 4.79 Å². The van der Waals surface area contributed by atoms with Gasteiger partial charge >= 0.3 is 0 Å². The van der Waals surface area contributed by atoms with Crippen LogP contribution in [0.5, 0.6) is 0 Å². The van der Waals surface area contributed by atoms with Crippen LogP contribution in [0.2, 0.25) is 0 Å². The van der Waals surface area contributed by atoms with E-state index in [1.54, 1.807) is 6.20 Å². The minimum absolute atomic E-state index is 0.0231. The topological polar surface area (TPSA) is 40.5 Å². The summed E-state index contributed by atoms with van der Waals surface area (Å²) in [4.78, 5) is 11.6. The zero-order chi connectivity index (χ0) is 9.59. The number of hydrogen-bond acceptors (Lipinski definition) is 2. The largest absolute Gasteiger partial charge is 0.281 e. The van der Waals surface area contributed by atoms with Crippen LogP contribution in [0, 0.1) is 17.8 Å². The van der Waals surface area contributed by atoms with Crippen molar-refractivity contribution in [3.8, 4) is 0 Å². The van der Waals surface area contributed by atoms with Crippen molar-refractivity contribution in [1.29, 1.82) is 0 Å². The summed E-state index contributed by atoms with van der Waals surface area (Å²) >= 11 is 0. The molecule has 0 aromatic rings. The fraction of sp³-hybridized carbons (Fsp3) is 0.700. The van der Waals surface area contributed by atoms with Crippen LogP contribution in [0.3, 0.4) is 0 Å². The molecule has 1 saturated carbocycles. The van der Waals surface area contributed by atoms with Gasteiger partial charge < -0.3 is 0 Å². The predicted octanol–water partition coefficient (Wildman–Crippen LogP) is 1.78. The molecule has 72 valence electrons. The van der Waals surface area contributed by atoms with Crippen LogP contribution in [0.15, 0.2) is 11.8 Å². The molecule has 2 rings (SSSR count). The molecule has 1 aliphatic heterocycles. The lowest BCUT2D eigenvalue weighted by molar-refractivity contribution is -0.163. The highest BCUT2D eigenvalue weighted by molar-refractivity contribution is 5.81. The number of hydroxylamine groups is 2. The number of rotatable bonds is 0. The second kappa shape index (κ2) is 2.84. The van der Waals surface area contributed by atoms with Gasteiger partial charge in [-0.1, -0.05) is 12.5 Å². The number of allylic oxidation sites excluding steroid dienone is 1. The normalized spacial score (nSPS) is 39.0. The third-order valence-electron chi connectivity index (χ3n) is 3.40. The molecule has 1 heterocycles. The second-order valence-corrected chi connectivity index (χ2v) is 4.24. The van der Waals surface area contributed by atoms with Gasteiger partial charge in [-0.15, -0.1) is 0 Å². The lowest BCUT2D eigenvalue weighted by Gasteiger charge is -2.30. The number of hydrogen-bond donors (Lipinski definition) is 1. The van der Waals surface area contributed by atoms with E-state index < -0.39 is 0 Å². The molecule has 1 N–H and O–H groups in total. The van der Waals surface area contributed by atoms with Crippen LogP contribution in [-0.4, -0.2) is 16.2 Å². The first-order valence-electron chi connectivity index (χ1n) is 4.81. The van der Waals surface area contributed by atoms with Crippen molar-refractivity contribution in [3.63, 3.8) is 0 Å². The van der Waals surface area contributed by atoms with Gasteiger partial charge in [-0.2, -0.15) is 5.06 Å². The molecule has 0 unspecified atom stereocenters. The van der Waals surface area contributed by atoms with Gasteiger partial charge in [0.1, 0.15) is 0 Å². The molecule has 0 bridgehead atoms. The summed E-state index contributed by atoms with van der Waals surface area (Å²) in [5.41, 5.74) is 1.14. The van der Waals surface area contributed by atoms with E-state index in [0.717, 1.165) is 23.5 Å². The summed E-state index contributed by atoms with van der Waals surface area (Å²) in [6, 6.07) is 0. The summed E-state index contributed by atoms with van der Waals surface area (Å²) < 4.78 is 0. The molecule has 1 aliphatic carbocycles. The Hall–Kier alpha value is -0.830. The number of amides is 1. The van der Waals surface area contributed by atoms with Crippen molar-refractivity contribution in [2.45, 2.75) is 26.7 Å². The lowest BCUT2D eigenvalue weighted by atomic mass is 9.83. The summed E-state index contributed by atoms with van der Waals surface area (Å²) in [5, 5.41) is 10.1. The van der Waals surface area contributed by atoms with Crippen molar-refractivity contribution in [1.82, 2.24) is 5.06 Å². The van der Waals surface area contributed by atoms with Gasteiger partial charge in [0, 0.05) is 12.1 Å². The van der Waals surface area contributed by atoms with Crippen molar-refractivity contribution in [2.24, 2.45) is 17.8 Å². The minimum atomic E-state index is -0.124. The predicted molar refractivity (Wildman–Crippen MR) is 47.8 cm³/mol. The number of nitrogens with zero attached hydrogens (tertiary/aromatic N) is 1. The maximum absolute atomic E-state index is 11.6. The standard InChI is InChI=1S/C10H15NO2/c1-6-3-4-8-7(2)5-11(13)10(12)9(6)8/h5-6,8-9,13H,3-4H2,1-2H3/t6-,8+,9+/m0/s1. The molecule has 0 radical (unpaired) electrons. The average molecular weight is 181 g/mol. The second-order valence-electron chi connectivity index (χ2n) is 4.24. The quantitative estimate of drug-likeness (QED) is 0.579. The van der Waals surface area contributed by atoms with Crippen LogP contribution < -0.4 is 0 Å². The smallest absolute Gasteiger partial charge is 0.254 e. The Bertz CT molecular complexity index is 272. The van der Waals surface area contributed by atoms with Gasteiger partial charge in [0.15, 0.2) is 0 Å². The summed E-state index contributed by atoms with van der Waals surface area (Å²) in [5.74, 6) is 0.692. The summed E-state index contributed by atoms with van der Waals surface area (Å²) in [7, 11) is 0. The molecular weight excluding hydrogens is 166 g/mol. The van der Waals surface area contributed by atoms with Crippen molar-refractivity contribution in [2.75, 3.05) is 0 Å². The Kier molecular flexibility index (Phi) is 1.91. The lowest BCUT2D eigenvalue weighted by Crippen LogP contribution is -2.38. The molecule has 0 saturated heterocycles. The molecular formula is C10H15NO2. The van der Waals surface area contributed by atoms with Crippen molar-refractivity contribution < 1.29 is 10.0 Å². The first-order valence-corrected chi connectivity index (χ1v) is 4.81. The van der Waals surface area contributed by atoms with Crippen molar-refractivity contribution in [3.05, 3.63) is 11.8 Å². The van der Waals surface area contributed by atoms with Gasteiger partial charge in [0.05, 0.1) is 0 Å². The average Bonchev–Trinajstić information content (AvgIpc) is 2.44. The number of carbonyl (C=O) groups is 1. The maximum Gasteiger partial charge on any atom is 0.254 e. The van der Waals surface area contributed by atoms with Gasteiger partial charge in [0.25, 0.3) is 5.91 Å². The first-order chi connectivity index (χ1) is 6.11. The molecule has 0 aromatic carbocycles. The molecule has 0 spiro atoms. The maximum atomic E-state index is 11.6. The summed E-state index contributed by atoms with van der Waals surface area (Å²) in [6.45, 7) is 4.08. The van der Waals surface area contributed by atoms with E-state index in [-0.39, 0.29) is 11.8 Å². The van der Waals surface area contributed by atoms with Crippen LogP contribution >= 0.6 is 0 Å². The molecule has 3 heteroatoms. The van der Waals surface area contributed by atoms with Gasteiger partial charge in [-0.3, -0.25) is 10.0 Å². The zero-order valence-corrected chi connectivity index (χ0v) is 8.03. The number of fused-ring (bicyclic) bond motifs is 1. The van der Waals surface area contributed by atoms with Crippen molar-refractivity contribution >= 4 is 5.91 Å². The SMILES string of the molecule is CC1=CN(O)C(=O)[C@H]2[C@@H]1CC[C@@H]2C. The molecule has 3 nitrogen and oxygen atoms in total.